The Labute approximate surface area is 133 Å². The molecule has 1 aliphatic carbocycles. The minimum Gasteiger partial charge on any atom is -0.381 e. The van der Waals surface area contributed by atoms with Crippen LogP contribution in [-0.2, 0) is 5.60 Å². The molecule has 0 radical (unpaired) electrons. The molecule has 4 rings (SSSR count). The summed E-state index contributed by atoms with van der Waals surface area (Å²) in [5.41, 5.74) is -0.206. The van der Waals surface area contributed by atoms with Gasteiger partial charge in [-0.1, -0.05) is 12.8 Å². The third-order valence-electron chi connectivity index (χ3n) is 4.95. The number of nitrogens with one attached hydrogen (secondary N) is 1. The standard InChI is InChI=1S/C15H20N6O2/c22-14(12-5-7-21(18-12)11-3-1-2-4-11)20-8-6-15(23,10-20)13-9-16-19-17-13/h5,7,9,11,23H,1-4,6,8,10H2,(H,16,17,19)/t15-/m0/s1. The third kappa shape index (κ3) is 2.52. The predicted molar refractivity (Wildman–Crippen MR) is 80.5 cm³/mol. The molecular weight excluding hydrogens is 296 g/mol. The van der Waals surface area contributed by atoms with Crippen LogP contribution in [0.1, 0.15) is 54.3 Å². The second-order valence-electron chi connectivity index (χ2n) is 6.48. The van der Waals surface area contributed by atoms with Crippen LogP contribution in [0.5, 0.6) is 0 Å². The van der Waals surface area contributed by atoms with Crippen molar-refractivity contribution in [2.75, 3.05) is 13.1 Å². The van der Waals surface area contributed by atoms with Crippen molar-refractivity contribution < 1.29 is 9.90 Å². The van der Waals surface area contributed by atoms with Crippen LogP contribution in [-0.4, -0.2) is 54.2 Å². The maximum atomic E-state index is 12.6. The fraction of sp³-hybridized carbons (Fsp3) is 0.600. The highest BCUT2D eigenvalue weighted by Gasteiger charge is 2.42. The molecule has 2 aromatic heterocycles. The molecule has 8 nitrogen and oxygen atoms in total. The number of aliphatic hydroxyl groups is 1. The number of β-amino-alcohol motifs (C(OH)–C–C–N with tert-alkyl or cyclic N) is 1. The summed E-state index contributed by atoms with van der Waals surface area (Å²) in [5.74, 6) is -0.138. The monoisotopic (exact) mass is 316 g/mol. The Morgan fingerprint density at radius 3 is 2.96 bits per heavy atom. The van der Waals surface area contributed by atoms with Gasteiger partial charge in [0.15, 0.2) is 0 Å². The fourth-order valence-corrected chi connectivity index (χ4v) is 3.59. The van der Waals surface area contributed by atoms with Gasteiger partial charge in [0.1, 0.15) is 17.0 Å². The molecule has 0 unspecified atom stereocenters. The Morgan fingerprint density at radius 1 is 1.39 bits per heavy atom. The fourth-order valence-electron chi connectivity index (χ4n) is 3.59. The maximum absolute atomic E-state index is 12.6. The molecule has 122 valence electrons. The Balaban J connectivity index is 1.47. The summed E-state index contributed by atoms with van der Waals surface area (Å²) in [7, 11) is 0. The normalized spacial score (nSPS) is 25.3. The molecule has 0 bridgehead atoms. The molecule has 3 heterocycles. The van der Waals surface area contributed by atoms with Gasteiger partial charge in [-0.3, -0.25) is 9.48 Å². The van der Waals surface area contributed by atoms with Crippen molar-refractivity contribution in [2.24, 2.45) is 0 Å². The topological polar surface area (TPSA) is 99.9 Å². The third-order valence-corrected chi connectivity index (χ3v) is 4.95. The quantitative estimate of drug-likeness (QED) is 0.874. The molecule has 2 aliphatic rings. The van der Waals surface area contributed by atoms with Crippen LogP contribution >= 0.6 is 0 Å². The molecule has 2 N–H and O–H groups in total. The van der Waals surface area contributed by atoms with Crippen LogP contribution in [0.4, 0.5) is 0 Å². The lowest BCUT2D eigenvalue weighted by atomic mass is 10.00. The zero-order chi connectivity index (χ0) is 15.9. The van der Waals surface area contributed by atoms with Crippen LogP contribution in [0, 0.1) is 0 Å². The van der Waals surface area contributed by atoms with Gasteiger partial charge in [-0.25, -0.2) is 0 Å². The molecule has 23 heavy (non-hydrogen) atoms. The summed E-state index contributed by atoms with van der Waals surface area (Å²) in [6.45, 7) is 0.702. The van der Waals surface area contributed by atoms with Crippen LogP contribution in [0.15, 0.2) is 18.5 Å². The number of likely N-dealkylation sites (tertiary alicyclic amines) is 1. The summed E-state index contributed by atoms with van der Waals surface area (Å²) < 4.78 is 1.92. The zero-order valence-electron chi connectivity index (χ0n) is 12.9. The Hall–Kier alpha value is -2.22. The lowest BCUT2D eigenvalue weighted by Crippen LogP contribution is -2.35. The van der Waals surface area contributed by atoms with Crippen molar-refractivity contribution in [3.05, 3.63) is 29.8 Å². The average Bonchev–Trinajstić information content (AvgIpc) is 3.29. The van der Waals surface area contributed by atoms with Gasteiger partial charge in [-0.15, -0.1) is 0 Å². The molecule has 1 amide bonds. The first-order chi connectivity index (χ1) is 11.2. The van der Waals surface area contributed by atoms with E-state index in [1.165, 1.54) is 19.0 Å². The number of rotatable bonds is 3. The van der Waals surface area contributed by atoms with Gasteiger partial charge in [0, 0.05) is 19.2 Å². The highest BCUT2D eigenvalue weighted by Crippen LogP contribution is 2.31. The largest absolute Gasteiger partial charge is 0.381 e. The Bertz CT molecular complexity index is 691. The first kappa shape index (κ1) is 14.4. The van der Waals surface area contributed by atoms with E-state index in [-0.39, 0.29) is 12.5 Å². The van der Waals surface area contributed by atoms with Gasteiger partial charge < -0.3 is 10.0 Å². The van der Waals surface area contributed by atoms with Crippen molar-refractivity contribution in [3.63, 3.8) is 0 Å². The van der Waals surface area contributed by atoms with Gasteiger partial charge in [0.05, 0.1) is 18.8 Å². The van der Waals surface area contributed by atoms with Crippen molar-refractivity contribution in [2.45, 2.75) is 43.7 Å². The van der Waals surface area contributed by atoms with E-state index in [9.17, 15) is 9.90 Å². The summed E-state index contributed by atoms with van der Waals surface area (Å²) in [4.78, 5) is 14.3. The number of amides is 1. The summed E-state index contributed by atoms with van der Waals surface area (Å²) in [6, 6.07) is 2.19. The highest BCUT2D eigenvalue weighted by atomic mass is 16.3. The Morgan fingerprint density at radius 2 is 2.22 bits per heavy atom. The van der Waals surface area contributed by atoms with Gasteiger partial charge >= 0.3 is 0 Å². The minimum absolute atomic E-state index is 0.138. The predicted octanol–water partition coefficient (Wildman–Crippen LogP) is 0.850. The zero-order valence-corrected chi connectivity index (χ0v) is 12.9. The molecule has 2 fully saturated rings. The number of aromatic amines is 1. The number of nitrogens with zero attached hydrogens (tertiary/aromatic N) is 5. The van der Waals surface area contributed by atoms with E-state index in [2.05, 4.69) is 20.5 Å². The smallest absolute Gasteiger partial charge is 0.274 e. The van der Waals surface area contributed by atoms with Crippen LogP contribution in [0.25, 0.3) is 0 Å². The van der Waals surface area contributed by atoms with E-state index >= 15 is 0 Å². The molecule has 0 spiro atoms. The van der Waals surface area contributed by atoms with E-state index in [4.69, 9.17) is 0 Å². The van der Waals surface area contributed by atoms with Gasteiger partial charge in [-0.2, -0.15) is 20.5 Å². The summed E-state index contributed by atoms with van der Waals surface area (Å²) in [5, 5.41) is 25.3. The highest BCUT2D eigenvalue weighted by molar-refractivity contribution is 5.92. The lowest BCUT2D eigenvalue weighted by molar-refractivity contribution is 0.0380. The van der Waals surface area contributed by atoms with E-state index < -0.39 is 5.60 Å². The molecule has 1 atom stereocenters. The first-order valence-electron chi connectivity index (χ1n) is 8.09. The SMILES string of the molecule is O=C(c1ccn(C2CCCC2)n1)N1CC[C@@](O)(c2cn[nH]n2)C1. The second kappa shape index (κ2) is 5.45. The van der Waals surface area contributed by atoms with E-state index in [0.717, 1.165) is 12.8 Å². The van der Waals surface area contributed by atoms with E-state index in [0.29, 0.717) is 30.4 Å². The van der Waals surface area contributed by atoms with Crippen LogP contribution < -0.4 is 0 Å². The van der Waals surface area contributed by atoms with Crippen LogP contribution in [0.2, 0.25) is 0 Å². The van der Waals surface area contributed by atoms with Crippen molar-refractivity contribution in [1.29, 1.82) is 0 Å². The summed E-state index contributed by atoms with van der Waals surface area (Å²) in [6.07, 6.45) is 8.56. The maximum Gasteiger partial charge on any atom is 0.274 e. The van der Waals surface area contributed by atoms with Gasteiger partial charge in [0.2, 0.25) is 0 Å². The number of carbonyl (C=O) groups is 1. The number of aromatic nitrogens is 5. The Kier molecular flexibility index (Phi) is 3.41. The van der Waals surface area contributed by atoms with Crippen molar-refractivity contribution >= 4 is 5.91 Å². The van der Waals surface area contributed by atoms with E-state index in [1.54, 1.807) is 11.0 Å². The summed E-state index contributed by atoms with van der Waals surface area (Å²) >= 11 is 0. The van der Waals surface area contributed by atoms with E-state index in [1.807, 2.05) is 10.9 Å². The molecule has 0 aromatic carbocycles. The number of hydrogen-bond acceptors (Lipinski definition) is 5. The van der Waals surface area contributed by atoms with Gasteiger partial charge in [0.25, 0.3) is 5.91 Å². The number of hydrogen-bond donors (Lipinski definition) is 2. The molecular formula is C15H20N6O2. The molecule has 1 saturated carbocycles. The van der Waals surface area contributed by atoms with Gasteiger partial charge in [-0.05, 0) is 18.9 Å². The second-order valence-corrected chi connectivity index (χ2v) is 6.48. The number of carbonyl (C=O) groups excluding carboxylic acids is 1. The minimum atomic E-state index is -1.13. The molecule has 2 aromatic rings. The lowest BCUT2D eigenvalue weighted by Gasteiger charge is -2.20. The number of H-pyrrole nitrogens is 1. The van der Waals surface area contributed by atoms with Crippen molar-refractivity contribution in [1.82, 2.24) is 30.1 Å². The molecule has 1 saturated heterocycles. The first-order valence-corrected chi connectivity index (χ1v) is 8.09. The van der Waals surface area contributed by atoms with Crippen LogP contribution in [0.3, 0.4) is 0 Å². The molecule has 1 aliphatic heterocycles. The average molecular weight is 316 g/mol. The van der Waals surface area contributed by atoms with Crippen molar-refractivity contribution in [3.8, 4) is 0 Å². The molecule has 8 heteroatoms.